The van der Waals surface area contributed by atoms with E-state index in [-0.39, 0.29) is 6.10 Å². The Kier molecular flexibility index (Phi) is 5.87. The van der Waals surface area contributed by atoms with Crippen LogP contribution in [0.3, 0.4) is 0 Å². The minimum Gasteiger partial charge on any atom is -0.496 e. The molecule has 1 aliphatic heterocycles. The number of methoxy groups -OCH3 is 1. The number of ether oxygens (including phenoxy) is 2. The van der Waals surface area contributed by atoms with E-state index in [1.54, 1.807) is 7.11 Å². The molecule has 20 heavy (non-hydrogen) atoms. The van der Waals surface area contributed by atoms with E-state index < -0.39 is 0 Å². The lowest BCUT2D eigenvalue weighted by Gasteiger charge is -2.22. The normalized spacial score (nSPS) is 22.4. The van der Waals surface area contributed by atoms with Crippen molar-refractivity contribution in [1.82, 2.24) is 5.32 Å². The molecule has 1 aromatic rings. The lowest BCUT2D eigenvalue weighted by molar-refractivity contribution is 0.0880. The summed E-state index contributed by atoms with van der Waals surface area (Å²) in [5.74, 6) is 2.10. The van der Waals surface area contributed by atoms with E-state index in [9.17, 15) is 0 Å². The van der Waals surface area contributed by atoms with Gasteiger partial charge in [-0.25, -0.2) is 0 Å². The Morgan fingerprint density at radius 3 is 2.95 bits per heavy atom. The summed E-state index contributed by atoms with van der Waals surface area (Å²) < 4.78 is 12.5. The van der Waals surface area contributed by atoms with Crippen molar-refractivity contribution in [2.24, 2.45) is 11.8 Å². The summed E-state index contributed by atoms with van der Waals surface area (Å²) in [5, 5.41) is 3.55. The molecular weight excluding hydrogens is 318 g/mol. The maximum absolute atomic E-state index is 5.97. The SMILES string of the molecule is COc1ccc(Br)cc1C1OCCC1CNCC(C)C. The maximum atomic E-state index is 5.97. The van der Waals surface area contributed by atoms with Gasteiger partial charge in [0.25, 0.3) is 0 Å². The first-order valence-electron chi connectivity index (χ1n) is 7.27. The summed E-state index contributed by atoms with van der Waals surface area (Å²) >= 11 is 3.54. The van der Waals surface area contributed by atoms with Gasteiger partial charge >= 0.3 is 0 Å². The van der Waals surface area contributed by atoms with Crippen LogP contribution in [0, 0.1) is 11.8 Å². The van der Waals surface area contributed by atoms with Crippen molar-refractivity contribution in [3.05, 3.63) is 28.2 Å². The molecule has 0 bridgehead atoms. The van der Waals surface area contributed by atoms with E-state index >= 15 is 0 Å². The van der Waals surface area contributed by atoms with E-state index in [4.69, 9.17) is 9.47 Å². The Morgan fingerprint density at radius 1 is 1.45 bits per heavy atom. The second kappa shape index (κ2) is 7.43. The summed E-state index contributed by atoms with van der Waals surface area (Å²) in [5.41, 5.74) is 1.15. The number of hydrogen-bond acceptors (Lipinski definition) is 3. The quantitative estimate of drug-likeness (QED) is 0.853. The lowest BCUT2D eigenvalue weighted by Crippen LogP contribution is -2.28. The highest BCUT2D eigenvalue weighted by Crippen LogP contribution is 2.39. The van der Waals surface area contributed by atoms with Crippen LogP contribution in [0.5, 0.6) is 5.75 Å². The van der Waals surface area contributed by atoms with Crippen molar-refractivity contribution >= 4 is 15.9 Å². The monoisotopic (exact) mass is 341 g/mol. The number of halogens is 1. The molecule has 2 unspecified atom stereocenters. The van der Waals surface area contributed by atoms with Gasteiger partial charge in [0, 0.05) is 29.1 Å². The summed E-state index contributed by atoms with van der Waals surface area (Å²) in [4.78, 5) is 0. The highest BCUT2D eigenvalue weighted by Gasteiger charge is 2.31. The molecular formula is C16H24BrNO2. The fraction of sp³-hybridized carbons (Fsp3) is 0.625. The molecule has 0 amide bonds. The summed E-state index contributed by atoms with van der Waals surface area (Å²) in [6.07, 6.45) is 1.23. The molecule has 1 aliphatic rings. The molecule has 112 valence electrons. The van der Waals surface area contributed by atoms with Gasteiger partial charge in [-0.05, 0) is 37.1 Å². The van der Waals surface area contributed by atoms with Crippen molar-refractivity contribution in [3.63, 3.8) is 0 Å². The topological polar surface area (TPSA) is 30.5 Å². The standard InChI is InChI=1S/C16H24BrNO2/c1-11(2)9-18-10-12-6-7-20-16(12)14-8-13(17)4-5-15(14)19-3/h4-5,8,11-12,16,18H,6-7,9-10H2,1-3H3. The van der Waals surface area contributed by atoms with Gasteiger partial charge in [-0.3, -0.25) is 0 Å². The minimum absolute atomic E-state index is 0.127. The maximum Gasteiger partial charge on any atom is 0.124 e. The van der Waals surface area contributed by atoms with Gasteiger partial charge in [0.1, 0.15) is 5.75 Å². The third-order valence-corrected chi connectivity index (χ3v) is 4.16. The van der Waals surface area contributed by atoms with Crippen molar-refractivity contribution < 1.29 is 9.47 Å². The molecule has 1 aromatic carbocycles. The zero-order valence-corrected chi connectivity index (χ0v) is 14.1. The van der Waals surface area contributed by atoms with Gasteiger partial charge in [0.05, 0.1) is 13.2 Å². The predicted molar refractivity (Wildman–Crippen MR) is 85.2 cm³/mol. The molecule has 1 N–H and O–H groups in total. The fourth-order valence-electron chi connectivity index (χ4n) is 2.67. The summed E-state index contributed by atoms with van der Waals surface area (Å²) in [6, 6.07) is 6.12. The van der Waals surface area contributed by atoms with E-state index in [1.807, 2.05) is 12.1 Å². The van der Waals surface area contributed by atoms with Crippen LogP contribution in [-0.2, 0) is 4.74 Å². The van der Waals surface area contributed by atoms with Crippen LogP contribution in [0.15, 0.2) is 22.7 Å². The van der Waals surface area contributed by atoms with Crippen molar-refractivity contribution in [2.45, 2.75) is 26.4 Å². The first-order valence-corrected chi connectivity index (χ1v) is 8.07. The largest absolute Gasteiger partial charge is 0.496 e. The smallest absolute Gasteiger partial charge is 0.124 e. The predicted octanol–water partition coefficient (Wildman–Crippen LogP) is 3.78. The molecule has 0 aliphatic carbocycles. The van der Waals surface area contributed by atoms with Crippen LogP contribution in [0.25, 0.3) is 0 Å². The average molecular weight is 342 g/mol. The van der Waals surface area contributed by atoms with Crippen molar-refractivity contribution in [1.29, 1.82) is 0 Å². The van der Waals surface area contributed by atoms with Crippen LogP contribution in [-0.4, -0.2) is 26.8 Å². The van der Waals surface area contributed by atoms with Gasteiger partial charge in [-0.15, -0.1) is 0 Å². The third-order valence-electron chi connectivity index (χ3n) is 3.67. The molecule has 0 spiro atoms. The Labute approximate surface area is 130 Å². The Hall–Kier alpha value is -0.580. The van der Waals surface area contributed by atoms with E-state index in [1.165, 1.54) is 0 Å². The summed E-state index contributed by atoms with van der Waals surface area (Å²) in [6.45, 7) is 7.34. The van der Waals surface area contributed by atoms with Crippen LogP contribution in [0.2, 0.25) is 0 Å². The van der Waals surface area contributed by atoms with Crippen LogP contribution >= 0.6 is 15.9 Å². The summed E-state index contributed by atoms with van der Waals surface area (Å²) in [7, 11) is 1.72. The van der Waals surface area contributed by atoms with Crippen LogP contribution < -0.4 is 10.1 Å². The highest BCUT2D eigenvalue weighted by atomic mass is 79.9. The van der Waals surface area contributed by atoms with Gasteiger partial charge in [0.2, 0.25) is 0 Å². The van der Waals surface area contributed by atoms with E-state index in [2.05, 4.69) is 41.2 Å². The van der Waals surface area contributed by atoms with Gasteiger partial charge in [-0.2, -0.15) is 0 Å². The fourth-order valence-corrected chi connectivity index (χ4v) is 3.05. The van der Waals surface area contributed by atoms with Crippen molar-refractivity contribution in [3.8, 4) is 5.75 Å². The molecule has 0 aromatic heterocycles. The Morgan fingerprint density at radius 2 is 2.25 bits per heavy atom. The van der Waals surface area contributed by atoms with Gasteiger partial charge < -0.3 is 14.8 Å². The minimum atomic E-state index is 0.127. The molecule has 2 rings (SSSR count). The Bertz CT molecular complexity index is 436. The number of benzene rings is 1. The molecule has 1 heterocycles. The number of rotatable bonds is 6. The zero-order chi connectivity index (χ0) is 14.5. The lowest BCUT2D eigenvalue weighted by atomic mass is 9.94. The van der Waals surface area contributed by atoms with Crippen LogP contribution in [0.4, 0.5) is 0 Å². The van der Waals surface area contributed by atoms with Crippen LogP contribution in [0.1, 0.15) is 31.9 Å². The molecule has 1 fully saturated rings. The third kappa shape index (κ3) is 3.96. The Balaban J connectivity index is 2.08. The van der Waals surface area contributed by atoms with Gasteiger partial charge in [0.15, 0.2) is 0 Å². The zero-order valence-electron chi connectivity index (χ0n) is 12.5. The first kappa shape index (κ1) is 15.8. The second-order valence-electron chi connectivity index (χ2n) is 5.78. The molecule has 0 radical (unpaired) electrons. The average Bonchev–Trinajstić information content (AvgIpc) is 2.86. The number of nitrogens with one attached hydrogen (secondary N) is 1. The molecule has 1 saturated heterocycles. The highest BCUT2D eigenvalue weighted by molar-refractivity contribution is 9.10. The van der Waals surface area contributed by atoms with Gasteiger partial charge in [-0.1, -0.05) is 29.8 Å². The number of hydrogen-bond donors (Lipinski definition) is 1. The molecule has 2 atom stereocenters. The first-order chi connectivity index (χ1) is 9.61. The van der Waals surface area contributed by atoms with E-state index in [0.29, 0.717) is 11.8 Å². The van der Waals surface area contributed by atoms with E-state index in [0.717, 1.165) is 41.9 Å². The second-order valence-corrected chi connectivity index (χ2v) is 6.69. The molecule has 4 heteroatoms. The molecule has 0 saturated carbocycles. The molecule has 3 nitrogen and oxygen atoms in total. The van der Waals surface area contributed by atoms with Crippen molar-refractivity contribution in [2.75, 3.05) is 26.8 Å².